The van der Waals surface area contributed by atoms with Crippen molar-refractivity contribution in [3.63, 3.8) is 0 Å². The van der Waals surface area contributed by atoms with Gasteiger partial charge in [0.2, 0.25) is 5.91 Å². The Bertz CT molecular complexity index is 773. The number of hydrogen-bond acceptors (Lipinski definition) is 4. The van der Waals surface area contributed by atoms with Crippen LogP contribution in [0.1, 0.15) is 47.8 Å². The predicted molar refractivity (Wildman–Crippen MR) is 108 cm³/mol. The average Bonchev–Trinajstić information content (AvgIpc) is 3.40. The van der Waals surface area contributed by atoms with Crippen molar-refractivity contribution in [2.45, 2.75) is 31.7 Å². The van der Waals surface area contributed by atoms with Gasteiger partial charge in [-0.2, -0.15) is 0 Å². The summed E-state index contributed by atoms with van der Waals surface area (Å²) in [6.07, 6.45) is 4.72. The Hall–Kier alpha value is -2.31. The van der Waals surface area contributed by atoms with Crippen LogP contribution in [0.15, 0.2) is 47.1 Å². The fraction of sp³-hybridized carbons (Fsp3) is 0.429. The Balaban J connectivity index is 1.44. The topological polar surface area (TPSA) is 74.6 Å². The minimum atomic E-state index is -0.266. The van der Waals surface area contributed by atoms with Gasteiger partial charge in [-0.3, -0.25) is 14.5 Å². The molecular formula is C21H26ClN3O3. The lowest BCUT2D eigenvalue weighted by molar-refractivity contribution is -0.121. The first-order valence-electron chi connectivity index (χ1n) is 9.72. The first kappa shape index (κ1) is 20.4. The Morgan fingerprint density at radius 3 is 2.61 bits per heavy atom. The molecule has 1 aliphatic heterocycles. The van der Waals surface area contributed by atoms with Crippen LogP contribution >= 0.6 is 11.6 Å². The van der Waals surface area contributed by atoms with E-state index in [2.05, 4.69) is 15.5 Å². The lowest BCUT2D eigenvalue weighted by Crippen LogP contribution is -2.37. The monoisotopic (exact) mass is 403 g/mol. The lowest BCUT2D eigenvalue weighted by atomic mass is 10.1. The second kappa shape index (κ2) is 10.3. The molecule has 28 heavy (non-hydrogen) atoms. The molecule has 150 valence electrons. The Kier molecular flexibility index (Phi) is 7.51. The Morgan fingerprint density at radius 1 is 1.11 bits per heavy atom. The summed E-state index contributed by atoms with van der Waals surface area (Å²) in [5.74, 6) is -0.0145. The molecule has 0 saturated carbocycles. The van der Waals surface area contributed by atoms with Crippen molar-refractivity contribution in [2.75, 3.05) is 26.2 Å². The molecule has 2 N–H and O–H groups in total. The second-order valence-electron chi connectivity index (χ2n) is 6.92. The molecule has 1 atom stereocenters. The fourth-order valence-electron chi connectivity index (χ4n) is 3.48. The van der Waals surface area contributed by atoms with E-state index in [0.717, 1.165) is 23.7 Å². The van der Waals surface area contributed by atoms with Gasteiger partial charge in [0.25, 0.3) is 5.91 Å². The van der Waals surface area contributed by atoms with Crippen LogP contribution in [0.5, 0.6) is 0 Å². The number of carbonyl (C=O) groups is 2. The zero-order valence-corrected chi connectivity index (χ0v) is 16.6. The Morgan fingerprint density at radius 2 is 1.89 bits per heavy atom. The number of nitrogens with zero attached hydrogens (tertiary/aromatic N) is 1. The molecule has 0 radical (unpaired) electrons. The minimum Gasteiger partial charge on any atom is -0.459 e. The van der Waals surface area contributed by atoms with Crippen molar-refractivity contribution < 1.29 is 14.0 Å². The fourth-order valence-corrected chi connectivity index (χ4v) is 3.74. The average molecular weight is 404 g/mol. The van der Waals surface area contributed by atoms with Gasteiger partial charge in [-0.1, -0.05) is 29.8 Å². The van der Waals surface area contributed by atoms with Crippen LogP contribution in [-0.4, -0.2) is 42.9 Å². The minimum absolute atomic E-state index is 0.0245. The summed E-state index contributed by atoms with van der Waals surface area (Å²) in [7, 11) is 0. The van der Waals surface area contributed by atoms with Gasteiger partial charge in [0.1, 0.15) is 0 Å². The van der Waals surface area contributed by atoms with Gasteiger partial charge in [0.15, 0.2) is 5.76 Å². The number of halogens is 1. The quantitative estimate of drug-likeness (QED) is 0.629. The third-order valence-corrected chi connectivity index (χ3v) is 5.29. The molecule has 7 heteroatoms. The summed E-state index contributed by atoms with van der Waals surface area (Å²) in [4.78, 5) is 26.4. The third kappa shape index (κ3) is 5.59. The third-order valence-electron chi connectivity index (χ3n) is 4.95. The van der Waals surface area contributed by atoms with Gasteiger partial charge in [-0.05, 0) is 56.1 Å². The van der Waals surface area contributed by atoms with E-state index >= 15 is 0 Å². The van der Waals surface area contributed by atoms with Gasteiger partial charge in [-0.15, -0.1) is 0 Å². The standard InChI is InChI=1S/C21H26ClN3O3/c22-17-8-2-1-7-16(17)18(25-12-3-4-13-25)15-24-20(26)10-5-11-23-21(27)19-9-6-14-28-19/h1-2,6-9,14,18H,3-5,10-13,15H2,(H,23,27)(H,24,26). The van der Waals surface area contributed by atoms with E-state index in [1.54, 1.807) is 12.1 Å². The van der Waals surface area contributed by atoms with Crippen molar-refractivity contribution in [1.29, 1.82) is 0 Å². The number of carbonyl (C=O) groups excluding carboxylic acids is 2. The highest BCUT2D eigenvalue weighted by Gasteiger charge is 2.25. The zero-order valence-electron chi connectivity index (χ0n) is 15.8. The number of rotatable bonds is 9. The molecule has 1 unspecified atom stereocenters. The van der Waals surface area contributed by atoms with Gasteiger partial charge in [0.05, 0.1) is 12.3 Å². The number of likely N-dealkylation sites (tertiary alicyclic amines) is 1. The highest BCUT2D eigenvalue weighted by atomic mass is 35.5. The lowest BCUT2D eigenvalue weighted by Gasteiger charge is -2.29. The molecule has 0 bridgehead atoms. The summed E-state index contributed by atoms with van der Waals surface area (Å²) >= 11 is 6.40. The highest BCUT2D eigenvalue weighted by Crippen LogP contribution is 2.29. The molecule has 0 aliphatic carbocycles. The van der Waals surface area contributed by atoms with Gasteiger partial charge >= 0.3 is 0 Å². The maximum atomic E-state index is 12.3. The summed E-state index contributed by atoms with van der Waals surface area (Å²) in [5, 5.41) is 6.51. The number of nitrogens with one attached hydrogen (secondary N) is 2. The highest BCUT2D eigenvalue weighted by molar-refractivity contribution is 6.31. The maximum absolute atomic E-state index is 12.3. The van der Waals surface area contributed by atoms with Crippen LogP contribution in [0.3, 0.4) is 0 Å². The van der Waals surface area contributed by atoms with E-state index in [1.807, 2.05) is 24.3 Å². The number of benzene rings is 1. The molecule has 3 rings (SSSR count). The van der Waals surface area contributed by atoms with Crippen LogP contribution in [0.2, 0.25) is 5.02 Å². The molecule has 0 spiro atoms. The molecule has 1 aliphatic rings. The molecule has 2 heterocycles. The normalized spacial score (nSPS) is 15.3. The predicted octanol–water partition coefficient (Wildman–Crippen LogP) is 3.40. The van der Waals surface area contributed by atoms with E-state index in [1.165, 1.54) is 19.1 Å². The van der Waals surface area contributed by atoms with Crippen LogP contribution in [0, 0.1) is 0 Å². The molecular weight excluding hydrogens is 378 g/mol. The van der Waals surface area contributed by atoms with Crippen LogP contribution in [0.4, 0.5) is 0 Å². The zero-order chi connectivity index (χ0) is 19.8. The SMILES string of the molecule is O=C(CCCNC(=O)c1ccco1)NCC(c1ccccc1Cl)N1CCCC1. The molecule has 2 amide bonds. The second-order valence-corrected chi connectivity index (χ2v) is 7.33. The van der Waals surface area contributed by atoms with Gasteiger partial charge in [0, 0.05) is 24.5 Å². The molecule has 6 nitrogen and oxygen atoms in total. The Labute approximate surface area is 170 Å². The van der Waals surface area contributed by atoms with Crippen molar-refractivity contribution in [3.05, 3.63) is 59.0 Å². The molecule has 1 aromatic carbocycles. The van der Waals surface area contributed by atoms with Crippen molar-refractivity contribution in [3.8, 4) is 0 Å². The van der Waals surface area contributed by atoms with E-state index in [-0.39, 0.29) is 23.6 Å². The van der Waals surface area contributed by atoms with Crippen molar-refractivity contribution >= 4 is 23.4 Å². The summed E-state index contributed by atoms with van der Waals surface area (Å²) < 4.78 is 5.03. The van der Waals surface area contributed by atoms with E-state index in [4.69, 9.17) is 16.0 Å². The molecule has 1 aromatic heterocycles. The maximum Gasteiger partial charge on any atom is 0.286 e. The molecule has 1 fully saturated rings. The van der Waals surface area contributed by atoms with E-state index in [0.29, 0.717) is 25.9 Å². The van der Waals surface area contributed by atoms with Crippen molar-refractivity contribution in [1.82, 2.24) is 15.5 Å². The van der Waals surface area contributed by atoms with E-state index < -0.39 is 0 Å². The first-order chi connectivity index (χ1) is 13.6. The van der Waals surface area contributed by atoms with Crippen molar-refractivity contribution in [2.24, 2.45) is 0 Å². The van der Waals surface area contributed by atoms with Gasteiger partial charge in [-0.25, -0.2) is 0 Å². The number of furan rings is 1. The molecule has 1 saturated heterocycles. The number of amides is 2. The smallest absolute Gasteiger partial charge is 0.286 e. The van der Waals surface area contributed by atoms with Gasteiger partial charge < -0.3 is 15.1 Å². The van der Waals surface area contributed by atoms with Crippen LogP contribution in [-0.2, 0) is 4.79 Å². The van der Waals surface area contributed by atoms with E-state index in [9.17, 15) is 9.59 Å². The molecule has 2 aromatic rings. The summed E-state index contributed by atoms with van der Waals surface area (Å²) in [5.41, 5.74) is 1.05. The van der Waals surface area contributed by atoms with Crippen LogP contribution in [0.25, 0.3) is 0 Å². The largest absolute Gasteiger partial charge is 0.459 e. The number of hydrogen-bond donors (Lipinski definition) is 2. The summed E-state index contributed by atoms with van der Waals surface area (Å²) in [6, 6.07) is 11.2. The van der Waals surface area contributed by atoms with Crippen LogP contribution < -0.4 is 10.6 Å². The first-order valence-corrected chi connectivity index (χ1v) is 10.1. The summed E-state index contributed by atoms with van der Waals surface area (Å²) in [6.45, 7) is 2.99.